The van der Waals surface area contributed by atoms with E-state index in [1.165, 1.54) is 0 Å². The van der Waals surface area contributed by atoms with Gasteiger partial charge in [-0.3, -0.25) is 9.78 Å². The van der Waals surface area contributed by atoms with Crippen LogP contribution in [0.1, 0.15) is 25.7 Å². The van der Waals surface area contributed by atoms with Gasteiger partial charge in [0.15, 0.2) is 18.1 Å². The van der Waals surface area contributed by atoms with E-state index < -0.39 is 0 Å². The third-order valence-corrected chi connectivity index (χ3v) is 5.34. The second kappa shape index (κ2) is 7.86. The van der Waals surface area contributed by atoms with Gasteiger partial charge in [-0.1, -0.05) is 12.1 Å². The molecule has 6 nitrogen and oxygen atoms in total. The minimum absolute atomic E-state index is 0.0293. The lowest BCUT2D eigenvalue weighted by Crippen LogP contribution is -2.50. The molecule has 2 atom stereocenters. The maximum atomic E-state index is 12.8. The maximum absolute atomic E-state index is 12.8. The van der Waals surface area contributed by atoms with Crippen molar-refractivity contribution in [2.75, 3.05) is 13.7 Å². The van der Waals surface area contributed by atoms with E-state index >= 15 is 0 Å². The highest BCUT2D eigenvalue weighted by Crippen LogP contribution is 2.37. The molecule has 2 bridgehead atoms. The highest BCUT2D eigenvalue weighted by atomic mass is 16.5. The number of para-hydroxylation sites is 2. The van der Waals surface area contributed by atoms with Gasteiger partial charge in [0, 0.05) is 31.1 Å². The maximum Gasteiger partial charge on any atom is 0.261 e. The monoisotopic (exact) mass is 368 g/mol. The van der Waals surface area contributed by atoms with Gasteiger partial charge in [-0.2, -0.15) is 0 Å². The summed E-state index contributed by atoms with van der Waals surface area (Å²) in [6.07, 6.45) is 7.36. The summed E-state index contributed by atoms with van der Waals surface area (Å²) in [7, 11) is 1.59. The van der Waals surface area contributed by atoms with Crippen molar-refractivity contribution in [2.24, 2.45) is 0 Å². The van der Waals surface area contributed by atoms with Gasteiger partial charge in [-0.25, -0.2) is 0 Å². The minimum Gasteiger partial charge on any atom is -0.493 e. The van der Waals surface area contributed by atoms with Crippen molar-refractivity contribution in [3.05, 3.63) is 48.8 Å². The summed E-state index contributed by atoms with van der Waals surface area (Å²) in [6.45, 7) is 0.0293. The second-order valence-corrected chi connectivity index (χ2v) is 7.03. The molecule has 27 heavy (non-hydrogen) atoms. The summed E-state index contributed by atoms with van der Waals surface area (Å²) in [5.74, 6) is 2.06. The van der Waals surface area contributed by atoms with Crippen molar-refractivity contribution in [1.82, 2.24) is 9.88 Å². The Morgan fingerprint density at radius 2 is 1.85 bits per heavy atom. The number of benzene rings is 1. The molecule has 0 aliphatic carbocycles. The molecule has 1 aromatic heterocycles. The Kier molecular flexibility index (Phi) is 5.14. The minimum atomic E-state index is 0.0293. The van der Waals surface area contributed by atoms with Crippen LogP contribution in [0.5, 0.6) is 17.2 Å². The number of carbonyl (C=O) groups excluding carboxylic acids is 1. The van der Waals surface area contributed by atoms with Gasteiger partial charge < -0.3 is 19.1 Å². The van der Waals surface area contributed by atoms with Crippen molar-refractivity contribution >= 4 is 5.91 Å². The number of ether oxygens (including phenoxy) is 3. The molecule has 0 spiro atoms. The average molecular weight is 368 g/mol. The lowest BCUT2D eigenvalue weighted by atomic mass is 9.99. The third kappa shape index (κ3) is 3.84. The van der Waals surface area contributed by atoms with Crippen LogP contribution in [0.4, 0.5) is 0 Å². The number of fused-ring (bicyclic) bond motifs is 2. The summed E-state index contributed by atoms with van der Waals surface area (Å²) in [5, 5.41) is 0. The number of piperidine rings is 1. The Morgan fingerprint density at radius 3 is 2.52 bits per heavy atom. The van der Waals surface area contributed by atoms with Crippen molar-refractivity contribution in [2.45, 2.75) is 43.9 Å². The molecule has 3 heterocycles. The molecule has 0 saturated carbocycles. The molecule has 142 valence electrons. The molecular formula is C21H24N2O4. The number of hydrogen-bond acceptors (Lipinski definition) is 5. The van der Waals surface area contributed by atoms with Crippen molar-refractivity contribution < 1.29 is 19.0 Å². The molecule has 2 aliphatic rings. The molecule has 2 aliphatic heterocycles. The topological polar surface area (TPSA) is 60.9 Å². The fraction of sp³-hybridized carbons (Fsp3) is 0.429. The van der Waals surface area contributed by atoms with Crippen LogP contribution in [0, 0.1) is 0 Å². The predicted molar refractivity (Wildman–Crippen MR) is 100 cm³/mol. The molecule has 2 saturated heterocycles. The van der Waals surface area contributed by atoms with Gasteiger partial charge in [0.2, 0.25) is 0 Å². The molecule has 0 N–H and O–H groups in total. The van der Waals surface area contributed by atoms with Gasteiger partial charge >= 0.3 is 0 Å². The zero-order valence-corrected chi connectivity index (χ0v) is 15.4. The Hall–Kier alpha value is -2.76. The number of pyridine rings is 1. The molecule has 4 rings (SSSR count). The summed E-state index contributed by atoms with van der Waals surface area (Å²) < 4.78 is 17.1. The molecule has 2 aromatic rings. The third-order valence-electron chi connectivity index (χ3n) is 5.34. The van der Waals surface area contributed by atoms with E-state index in [2.05, 4.69) is 4.98 Å². The summed E-state index contributed by atoms with van der Waals surface area (Å²) in [5.41, 5.74) is 0. The standard InChI is InChI=1S/C21H24N2O4/c1-25-19-6-2-3-7-20(19)26-14-21(24)23-15-8-9-16(23)12-18(11-15)27-17-5-4-10-22-13-17/h2-7,10,13,15-16,18H,8-9,11-12,14H2,1H3. The number of rotatable bonds is 6. The number of methoxy groups -OCH3 is 1. The first-order valence-electron chi connectivity index (χ1n) is 9.38. The summed E-state index contributed by atoms with van der Waals surface area (Å²) in [4.78, 5) is 18.9. The van der Waals surface area contributed by atoms with Crippen molar-refractivity contribution in [3.63, 3.8) is 0 Å². The van der Waals surface area contributed by atoms with Crippen LogP contribution in [0.25, 0.3) is 0 Å². The van der Waals surface area contributed by atoms with E-state index in [1.807, 2.05) is 41.3 Å². The Balaban J connectivity index is 1.35. The van der Waals surface area contributed by atoms with Crippen LogP contribution in [-0.2, 0) is 4.79 Å². The van der Waals surface area contributed by atoms with Gasteiger partial charge in [0.05, 0.1) is 13.3 Å². The van der Waals surface area contributed by atoms with Crippen LogP contribution < -0.4 is 14.2 Å². The molecular weight excluding hydrogens is 344 g/mol. The quantitative estimate of drug-likeness (QED) is 0.784. The largest absolute Gasteiger partial charge is 0.493 e. The molecule has 0 radical (unpaired) electrons. The molecule has 2 fully saturated rings. The van der Waals surface area contributed by atoms with E-state index in [9.17, 15) is 4.79 Å². The molecule has 1 amide bonds. The van der Waals surface area contributed by atoms with Crippen LogP contribution in [0.3, 0.4) is 0 Å². The van der Waals surface area contributed by atoms with Gasteiger partial charge in [0.1, 0.15) is 11.9 Å². The number of amides is 1. The van der Waals surface area contributed by atoms with Gasteiger partial charge in [0.25, 0.3) is 5.91 Å². The fourth-order valence-electron chi connectivity index (χ4n) is 4.19. The summed E-state index contributed by atoms with van der Waals surface area (Å²) in [6, 6.07) is 11.6. The van der Waals surface area contributed by atoms with Crippen molar-refractivity contribution in [1.29, 1.82) is 0 Å². The smallest absolute Gasteiger partial charge is 0.261 e. The SMILES string of the molecule is COc1ccccc1OCC(=O)N1C2CCC1CC(Oc1cccnc1)C2. The van der Waals surface area contributed by atoms with E-state index in [1.54, 1.807) is 19.5 Å². The lowest BCUT2D eigenvalue weighted by Gasteiger charge is -2.38. The van der Waals surface area contributed by atoms with Crippen LogP contribution in [0.2, 0.25) is 0 Å². The predicted octanol–water partition coefficient (Wildman–Crippen LogP) is 3.07. The number of aromatic nitrogens is 1. The Morgan fingerprint density at radius 1 is 1.11 bits per heavy atom. The van der Waals surface area contributed by atoms with E-state index in [4.69, 9.17) is 14.2 Å². The molecule has 1 aromatic carbocycles. The Bertz CT molecular complexity index is 769. The van der Waals surface area contributed by atoms with Gasteiger partial charge in [-0.15, -0.1) is 0 Å². The van der Waals surface area contributed by atoms with Crippen LogP contribution in [-0.4, -0.2) is 47.7 Å². The average Bonchev–Trinajstić information content (AvgIpc) is 2.98. The number of carbonyl (C=O) groups is 1. The highest BCUT2D eigenvalue weighted by Gasteiger charge is 2.44. The van der Waals surface area contributed by atoms with Crippen LogP contribution in [0.15, 0.2) is 48.8 Å². The normalized spacial score (nSPS) is 23.7. The van der Waals surface area contributed by atoms with Crippen molar-refractivity contribution in [3.8, 4) is 17.2 Å². The summed E-state index contributed by atoms with van der Waals surface area (Å²) >= 11 is 0. The first-order chi connectivity index (χ1) is 13.2. The zero-order valence-electron chi connectivity index (χ0n) is 15.4. The zero-order chi connectivity index (χ0) is 18.6. The highest BCUT2D eigenvalue weighted by molar-refractivity contribution is 5.79. The number of nitrogens with zero attached hydrogens (tertiary/aromatic N) is 2. The van der Waals surface area contributed by atoms with E-state index in [0.717, 1.165) is 31.4 Å². The number of hydrogen-bond donors (Lipinski definition) is 0. The first kappa shape index (κ1) is 17.6. The van der Waals surface area contributed by atoms with Crippen LogP contribution >= 0.6 is 0 Å². The molecule has 2 unspecified atom stereocenters. The fourth-order valence-corrected chi connectivity index (χ4v) is 4.19. The first-order valence-corrected chi connectivity index (χ1v) is 9.38. The lowest BCUT2D eigenvalue weighted by molar-refractivity contribution is -0.139. The Labute approximate surface area is 159 Å². The second-order valence-electron chi connectivity index (χ2n) is 7.03. The molecule has 6 heteroatoms. The van der Waals surface area contributed by atoms with Gasteiger partial charge in [-0.05, 0) is 37.1 Å². The van der Waals surface area contributed by atoms with E-state index in [-0.39, 0.29) is 30.7 Å². The van der Waals surface area contributed by atoms with E-state index in [0.29, 0.717) is 11.5 Å².